The van der Waals surface area contributed by atoms with Crippen molar-refractivity contribution >= 4 is 54.2 Å². The molecule has 1 aromatic heterocycles. The van der Waals surface area contributed by atoms with E-state index >= 15 is 0 Å². The molecule has 0 bridgehead atoms. The number of H-pyrrole nitrogens is 1. The maximum absolute atomic E-state index is 14.0. The Morgan fingerprint density at radius 1 is 0.767 bits per heavy atom. The fraction of sp³-hybridized carbons (Fsp3) is 0.455. The van der Waals surface area contributed by atoms with Crippen molar-refractivity contribution in [3.63, 3.8) is 0 Å². The maximum atomic E-state index is 14.0. The van der Waals surface area contributed by atoms with Crippen LogP contribution in [0, 0.1) is 0 Å². The molecule has 5 aliphatic rings. The zero-order valence-electron chi connectivity index (χ0n) is 34.5. The molecular weight excluding hydrogens is 783 g/mol. The highest BCUT2D eigenvalue weighted by atomic mass is 28.3. The number of carbonyl (C=O) groups is 4. The van der Waals surface area contributed by atoms with Gasteiger partial charge >= 0.3 is 12.2 Å². The molecule has 314 valence electrons. The minimum absolute atomic E-state index is 0.118. The van der Waals surface area contributed by atoms with Crippen molar-refractivity contribution < 1.29 is 38.1 Å². The minimum atomic E-state index is -1.77. The normalized spacial score (nSPS) is 23.8. The summed E-state index contributed by atoms with van der Waals surface area (Å²) in [4.78, 5) is 73.0. The summed E-state index contributed by atoms with van der Waals surface area (Å²) in [6.07, 6.45) is 3.84. The Kier molecular flexibility index (Phi) is 10.7. The predicted octanol–water partition coefficient (Wildman–Crippen LogP) is 5.58. The van der Waals surface area contributed by atoms with Crippen LogP contribution in [0.1, 0.15) is 30.3 Å². The lowest BCUT2D eigenvalue weighted by Crippen LogP contribution is -2.58. The number of nitrogens with one attached hydrogen (secondary N) is 1. The highest BCUT2D eigenvalue weighted by Crippen LogP contribution is 2.40. The van der Waals surface area contributed by atoms with Gasteiger partial charge in [-0.15, -0.1) is 0 Å². The van der Waals surface area contributed by atoms with Crippen molar-refractivity contribution in [3.8, 4) is 22.4 Å². The third kappa shape index (κ3) is 7.34. The first kappa shape index (κ1) is 39.9. The van der Waals surface area contributed by atoms with Crippen molar-refractivity contribution in [3.05, 3.63) is 72.2 Å². The van der Waals surface area contributed by atoms with Crippen LogP contribution in [0.15, 0.2) is 65.8 Å². The lowest BCUT2D eigenvalue weighted by molar-refractivity contribution is -0.143. The van der Waals surface area contributed by atoms with E-state index in [1.807, 2.05) is 16.0 Å². The molecule has 4 aromatic rings. The second-order valence-corrected chi connectivity index (χ2v) is 22.1. The van der Waals surface area contributed by atoms with Crippen LogP contribution < -0.4 is 0 Å². The third-order valence-electron chi connectivity index (χ3n) is 12.7. The van der Waals surface area contributed by atoms with Gasteiger partial charge in [-0.3, -0.25) is 24.4 Å². The van der Waals surface area contributed by atoms with Gasteiger partial charge < -0.3 is 33.7 Å². The van der Waals surface area contributed by atoms with E-state index in [4.69, 9.17) is 28.9 Å². The number of amides is 4. The lowest BCUT2D eigenvalue weighted by Gasteiger charge is -2.37. The molecule has 1 N–H and O–H groups in total. The number of aliphatic imine (C=N–C) groups is 1. The molecule has 0 spiro atoms. The maximum Gasteiger partial charge on any atom is 0.410 e. The van der Waals surface area contributed by atoms with Crippen LogP contribution >= 0.6 is 0 Å². The average molecular weight is 834 g/mol. The molecular formula is C44H51N7O8Si. The first-order chi connectivity index (χ1) is 29.0. The summed E-state index contributed by atoms with van der Waals surface area (Å²) in [5.74, 6) is 0.492. The van der Waals surface area contributed by atoms with Gasteiger partial charge in [0.05, 0.1) is 78.4 Å². The number of rotatable bonds is 6. The number of morpholine rings is 2. The second-order valence-electron chi connectivity index (χ2n) is 17.1. The molecule has 6 heterocycles. The van der Waals surface area contributed by atoms with Crippen LogP contribution in [0.4, 0.5) is 15.3 Å². The number of imidazole rings is 1. The molecule has 0 unspecified atom stereocenters. The fourth-order valence-corrected chi connectivity index (χ4v) is 12.6. The summed E-state index contributed by atoms with van der Waals surface area (Å²) >= 11 is 0. The van der Waals surface area contributed by atoms with Gasteiger partial charge in [-0.05, 0) is 64.0 Å². The number of ether oxygens (including phenoxy) is 4. The zero-order chi connectivity index (χ0) is 41.7. The van der Waals surface area contributed by atoms with Crippen LogP contribution in [-0.4, -0.2) is 152 Å². The number of carbonyl (C=O) groups excluding carboxylic acids is 4. The molecule has 4 saturated heterocycles. The fourth-order valence-electron chi connectivity index (χ4n) is 9.71. The molecule has 4 amide bonds. The second kappa shape index (κ2) is 16.1. The summed E-state index contributed by atoms with van der Waals surface area (Å²) < 4.78 is 21.2. The van der Waals surface area contributed by atoms with Gasteiger partial charge in [0.15, 0.2) is 0 Å². The van der Waals surface area contributed by atoms with Gasteiger partial charge in [0.2, 0.25) is 11.8 Å². The first-order valence-corrected chi connectivity index (χ1v) is 24.2. The lowest BCUT2D eigenvalue weighted by atomic mass is 9.95. The Labute approximate surface area is 349 Å². The Morgan fingerprint density at radius 2 is 1.42 bits per heavy atom. The summed E-state index contributed by atoms with van der Waals surface area (Å²) in [6, 6.07) is 18.2. The smallest absolute Gasteiger partial charge is 0.410 e. The third-order valence-corrected chi connectivity index (χ3v) is 15.4. The molecule has 15 nitrogen and oxygen atoms in total. The van der Waals surface area contributed by atoms with Crippen molar-refractivity contribution in [1.82, 2.24) is 29.6 Å². The van der Waals surface area contributed by atoms with Gasteiger partial charge in [-0.1, -0.05) is 55.6 Å². The van der Waals surface area contributed by atoms with Gasteiger partial charge in [-0.25, -0.2) is 14.6 Å². The molecule has 0 radical (unpaired) electrons. The van der Waals surface area contributed by atoms with Crippen LogP contribution in [0.3, 0.4) is 0 Å². The number of aromatic amines is 1. The molecule has 3 aromatic carbocycles. The topological polar surface area (TPSA) is 159 Å². The summed E-state index contributed by atoms with van der Waals surface area (Å²) in [5.41, 5.74) is 7.11. The number of hydrogen-bond acceptors (Lipinski definition) is 10. The summed E-state index contributed by atoms with van der Waals surface area (Å²) in [7, 11) is 0.894. The van der Waals surface area contributed by atoms with Crippen molar-refractivity contribution in [2.45, 2.75) is 62.6 Å². The molecule has 5 aliphatic heterocycles. The Morgan fingerprint density at radius 3 is 2.10 bits per heavy atom. The number of methoxy groups -OCH3 is 2. The zero-order valence-corrected chi connectivity index (χ0v) is 35.5. The quantitative estimate of drug-likeness (QED) is 0.245. The van der Waals surface area contributed by atoms with E-state index < -0.39 is 32.3 Å². The van der Waals surface area contributed by atoms with E-state index in [1.165, 1.54) is 24.0 Å². The molecule has 0 aliphatic carbocycles. The number of nitrogens with zero attached hydrogens (tertiary/aromatic N) is 6. The number of hydrogen-bond donors (Lipinski definition) is 1. The molecule has 16 heteroatoms. The molecule has 4 fully saturated rings. The number of fused-ring (bicyclic) bond motifs is 3. The van der Waals surface area contributed by atoms with Crippen LogP contribution in [0.2, 0.25) is 19.1 Å². The van der Waals surface area contributed by atoms with Gasteiger partial charge in [0.1, 0.15) is 17.9 Å². The Hall–Kier alpha value is -5.58. The standard InChI is InChI=1S/C44H51N7O8Si/c1-56-43(54)49-16-18-58-23-37(49)41(52)48-15-5-6-36(48)34-21-32-31-13-11-29(20-30(31)12-14-33(32)46-34)27-7-9-28(10-8-27)35-22-45-40(47-35)39-25-60(3,4)26-51(39)42(53)38-24-59-19-17-50(38)44(55)57-2/h7-14,20,22,36-39H,5-6,15-19,21,23-26H2,1-4H3,(H,45,47)/t36-,37-,38-,39-/m0/s1. The highest BCUT2D eigenvalue weighted by Gasteiger charge is 2.47. The van der Waals surface area contributed by atoms with E-state index in [0.717, 1.165) is 74.8 Å². The SMILES string of the molecule is COC(=O)N1CCOC[C@H]1C(=O)N1CCC[C@H]1C1=Nc2ccc3cc(-c4ccc(-c5cnc([C@@H]6C[Si](C)(C)CN6C(=O)[C@@H]6COCCN6C(=O)OC)[nH]5)cc4)ccc3c2C1. The van der Waals surface area contributed by atoms with Crippen molar-refractivity contribution in [2.75, 3.05) is 66.4 Å². The minimum Gasteiger partial charge on any atom is -0.453 e. The van der Waals surface area contributed by atoms with E-state index in [0.29, 0.717) is 45.4 Å². The highest BCUT2D eigenvalue weighted by molar-refractivity contribution is 6.78. The predicted molar refractivity (Wildman–Crippen MR) is 227 cm³/mol. The Bertz CT molecular complexity index is 2370. The Balaban J connectivity index is 0.889. The largest absolute Gasteiger partial charge is 0.453 e. The van der Waals surface area contributed by atoms with Crippen LogP contribution in [-0.2, 0) is 35.0 Å². The van der Waals surface area contributed by atoms with E-state index in [-0.39, 0.29) is 37.1 Å². The van der Waals surface area contributed by atoms with Crippen LogP contribution in [0.25, 0.3) is 33.2 Å². The molecule has 4 atom stereocenters. The summed E-state index contributed by atoms with van der Waals surface area (Å²) in [5, 5.41) is 2.26. The van der Waals surface area contributed by atoms with Gasteiger partial charge in [-0.2, -0.15) is 0 Å². The number of aromatic nitrogens is 2. The number of benzene rings is 3. The van der Waals surface area contributed by atoms with Crippen molar-refractivity contribution in [1.29, 1.82) is 0 Å². The van der Waals surface area contributed by atoms with Crippen molar-refractivity contribution in [2.24, 2.45) is 4.99 Å². The number of likely N-dealkylation sites (tertiary alicyclic amines) is 1. The van der Waals surface area contributed by atoms with Gasteiger partial charge in [0.25, 0.3) is 0 Å². The van der Waals surface area contributed by atoms with E-state index in [1.54, 1.807) is 0 Å². The van der Waals surface area contributed by atoms with E-state index in [2.05, 4.69) is 72.7 Å². The molecule has 9 rings (SSSR count). The molecule has 0 saturated carbocycles. The van der Waals surface area contributed by atoms with Crippen LogP contribution in [0.5, 0.6) is 0 Å². The van der Waals surface area contributed by atoms with Gasteiger partial charge in [0, 0.05) is 37.9 Å². The molecule has 60 heavy (non-hydrogen) atoms. The first-order valence-electron chi connectivity index (χ1n) is 20.8. The summed E-state index contributed by atoms with van der Waals surface area (Å²) in [6.45, 7) is 6.84. The van der Waals surface area contributed by atoms with E-state index in [9.17, 15) is 19.2 Å². The average Bonchev–Trinajstić information content (AvgIpc) is 4.11. The monoisotopic (exact) mass is 833 g/mol.